The lowest BCUT2D eigenvalue weighted by Gasteiger charge is -2.56. The van der Waals surface area contributed by atoms with Gasteiger partial charge in [0.05, 0.1) is 22.5 Å². The lowest BCUT2D eigenvalue weighted by Crippen LogP contribution is -2.68. The van der Waals surface area contributed by atoms with Crippen LogP contribution in [0.1, 0.15) is 38.2 Å². The van der Waals surface area contributed by atoms with E-state index < -0.39 is 10.0 Å². The first-order valence-electron chi connectivity index (χ1n) is 9.12. The molecule has 0 aromatic carbocycles. The number of nitrogens with zero attached hydrogens (tertiary/aromatic N) is 4. The first kappa shape index (κ1) is 17.3. The Morgan fingerprint density at radius 2 is 2.23 bits per heavy atom. The maximum absolute atomic E-state index is 12.7. The SMILES string of the molecule is CCCS(=O)(=O)N1CCC12CCCN(c1c(C#N)cnc3[nH]ccc13)C2. The average Bonchev–Trinajstić information content (AvgIpc) is 3.08. The molecular formula is C18H23N5O2S. The van der Waals surface area contributed by atoms with Crippen LogP contribution in [0, 0.1) is 11.3 Å². The third-order valence-corrected chi connectivity index (χ3v) is 7.82. The Kier molecular flexibility index (Phi) is 4.16. The van der Waals surface area contributed by atoms with E-state index >= 15 is 0 Å². The van der Waals surface area contributed by atoms with Gasteiger partial charge in [-0.15, -0.1) is 0 Å². The molecule has 7 nitrogen and oxygen atoms in total. The van der Waals surface area contributed by atoms with Gasteiger partial charge in [0, 0.05) is 37.4 Å². The van der Waals surface area contributed by atoms with Gasteiger partial charge in [0.25, 0.3) is 0 Å². The van der Waals surface area contributed by atoms with E-state index in [2.05, 4.69) is 20.9 Å². The van der Waals surface area contributed by atoms with Gasteiger partial charge in [-0.25, -0.2) is 13.4 Å². The quantitative estimate of drug-likeness (QED) is 0.887. The second-order valence-electron chi connectivity index (χ2n) is 7.26. The normalized spacial score (nSPS) is 23.9. The summed E-state index contributed by atoms with van der Waals surface area (Å²) in [5, 5.41) is 10.5. The topological polar surface area (TPSA) is 93.1 Å². The van der Waals surface area contributed by atoms with E-state index in [1.54, 1.807) is 10.5 Å². The number of aromatic amines is 1. The number of nitriles is 1. The third-order valence-electron chi connectivity index (χ3n) is 5.66. The molecule has 0 amide bonds. The van der Waals surface area contributed by atoms with Crippen molar-refractivity contribution in [2.45, 2.75) is 38.1 Å². The summed E-state index contributed by atoms with van der Waals surface area (Å²) in [7, 11) is -3.21. The number of sulfonamides is 1. The number of hydrogen-bond acceptors (Lipinski definition) is 5. The molecule has 2 fully saturated rings. The summed E-state index contributed by atoms with van der Waals surface area (Å²) in [6.07, 6.45) is 6.74. The van der Waals surface area contributed by atoms with Crippen molar-refractivity contribution in [3.63, 3.8) is 0 Å². The summed E-state index contributed by atoms with van der Waals surface area (Å²) in [5.41, 5.74) is 1.84. The van der Waals surface area contributed by atoms with Crippen molar-refractivity contribution in [2.24, 2.45) is 0 Å². The molecule has 1 atom stereocenters. The van der Waals surface area contributed by atoms with E-state index in [1.807, 2.05) is 19.2 Å². The minimum atomic E-state index is -3.21. The number of piperidine rings is 1. The molecule has 0 radical (unpaired) electrons. The van der Waals surface area contributed by atoms with Crippen LogP contribution in [0.3, 0.4) is 0 Å². The number of nitrogens with one attached hydrogen (secondary N) is 1. The molecule has 138 valence electrons. The van der Waals surface area contributed by atoms with Crippen LogP contribution in [0.4, 0.5) is 5.69 Å². The standard InChI is InChI=1S/C18H23N5O2S/c1-2-10-26(24,25)23-9-6-18(23)5-3-8-22(13-18)16-14(11-19)12-21-17-15(16)4-7-20-17/h4,7,12H,2-3,5-6,8-10,13H2,1H3,(H,20,21). The summed E-state index contributed by atoms with van der Waals surface area (Å²) in [5.74, 6) is 0.204. The number of fused-ring (bicyclic) bond motifs is 1. The Morgan fingerprint density at radius 3 is 2.92 bits per heavy atom. The highest BCUT2D eigenvalue weighted by Crippen LogP contribution is 2.43. The molecule has 1 N–H and O–H groups in total. The first-order valence-corrected chi connectivity index (χ1v) is 10.7. The molecule has 1 spiro atoms. The molecule has 0 saturated carbocycles. The smallest absolute Gasteiger partial charge is 0.214 e. The predicted octanol–water partition coefficient (Wildman–Crippen LogP) is 2.22. The zero-order chi connectivity index (χ0) is 18.4. The fourth-order valence-corrected chi connectivity index (χ4v) is 6.38. The fraction of sp³-hybridized carbons (Fsp3) is 0.556. The number of H-pyrrole nitrogens is 1. The molecule has 8 heteroatoms. The van der Waals surface area contributed by atoms with Crippen molar-refractivity contribution >= 4 is 26.7 Å². The molecule has 0 aliphatic carbocycles. The van der Waals surface area contributed by atoms with Crippen LogP contribution >= 0.6 is 0 Å². The van der Waals surface area contributed by atoms with E-state index in [4.69, 9.17) is 0 Å². The first-order chi connectivity index (χ1) is 12.5. The highest BCUT2D eigenvalue weighted by atomic mass is 32.2. The Balaban J connectivity index is 1.71. The van der Waals surface area contributed by atoms with E-state index in [-0.39, 0.29) is 11.3 Å². The molecule has 2 aliphatic rings. The lowest BCUT2D eigenvalue weighted by molar-refractivity contribution is 0.0553. The second-order valence-corrected chi connectivity index (χ2v) is 9.27. The molecule has 26 heavy (non-hydrogen) atoms. The van der Waals surface area contributed by atoms with E-state index in [0.29, 0.717) is 25.1 Å². The summed E-state index contributed by atoms with van der Waals surface area (Å²) >= 11 is 0. The maximum atomic E-state index is 12.7. The number of rotatable bonds is 4. The van der Waals surface area contributed by atoms with E-state index in [9.17, 15) is 13.7 Å². The van der Waals surface area contributed by atoms with Gasteiger partial charge in [0.15, 0.2) is 0 Å². The summed E-state index contributed by atoms with van der Waals surface area (Å²) in [6, 6.07) is 4.19. The summed E-state index contributed by atoms with van der Waals surface area (Å²) < 4.78 is 27.0. The van der Waals surface area contributed by atoms with Gasteiger partial charge < -0.3 is 9.88 Å². The predicted molar refractivity (Wildman–Crippen MR) is 100 cm³/mol. The second kappa shape index (κ2) is 6.25. The maximum Gasteiger partial charge on any atom is 0.214 e. The van der Waals surface area contributed by atoms with Gasteiger partial charge >= 0.3 is 0 Å². The average molecular weight is 373 g/mol. The molecule has 4 heterocycles. The number of aromatic nitrogens is 2. The zero-order valence-electron chi connectivity index (χ0n) is 14.9. The van der Waals surface area contributed by atoms with Crippen LogP contribution in [-0.4, -0.2) is 53.6 Å². The summed E-state index contributed by atoms with van der Waals surface area (Å²) in [4.78, 5) is 9.59. The Labute approximate surface area is 153 Å². The monoisotopic (exact) mass is 373 g/mol. The van der Waals surface area contributed by atoms with Crippen LogP contribution in [0.25, 0.3) is 11.0 Å². The number of anilines is 1. The van der Waals surface area contributed by atoms with Gasteiger partial charge in [0.1, 0.15) is 11.7 Å². The zero-order valence-corrected chi connectivity index (χ0v) is 15.7. The van der Waals surface area contributed by atoms with Crippen LogP contribution in [0.2, 0.25) is 0 Å². The molecule has 2 aliphatic heterocycles. The molecule has 4 rings (SSSR count). The van der Waals surface area contributed by atoms with Crippen molar-refractivity contribution in [3.8, 4) is 6.07 Å². The third kappa shape index (κ3) is 2.58. The molecule has 2 aromatic heterocycles. The Hall–Kier alpha value is -2.11. The van der Waals surface area contributed by atoms with Crippen molar-refractivity contribution in [3.05, 3.63) is 24.0 Å². The van der Waals surface area contributed by atoms with Crippen molar-refractivity contribution in [1.82, 2.24) is 14.3 Å². The number of pyridine rings is 1. The van der Waals surface area contributed by atoms with Gasteiger partial charge in [-0.1, -0.05) is 6.92 Å². The van der Waals surface area contributed by atoms with Crippen LogP contribution < -0.4 is 4.90 Å². The van der Waals surface area contributed by atoms with E-state index in [0.717, 1.165) is 42.5 Å². The van der Waals surface area contributed by atoms with Crippen LogP contribution in [0.15, 0.2) is 18.5 Å². The highest BCUT2D eigenvalue weighted by Gasteiger charge is 2.52. The Morgan fingerprint density at radius 1 is 1.38 bits per heavy atom. The van der Waals surface area contributed by atoms with Gasteiger partial charge in [-0.3, -0.25) is 0 Å². The fourth-order valence-electron chi connectivity index (χ4n) is 4.45. The van der Waals surface area contributed by atoms with Gasteiger partial charge in [0.2, 0.25) is 10.0 Å². The minimum absolute atomic E-state index is 0.204. The molecule has 1 unspecified atom stereocenters. The van der Waals surface area contributed by atoms with Gasteiger partial charge in [-0.05, 0) is 31.7 Å². The Bertz CT molecular complexity index is 977. The van der Waals surface area contributed by atoms with E-state index in [1.165, 1.54) is 0 Å². The van der Waals surface area contributed by atoms with Gasteiger partial charge in [-0.2, -0.15) is 9.57 Å². The van der Waals surface area contributed by atoms with Crippen molar-refractivity contribution < 1.29 is 8.42 Å². The van der Waals surface area contributed by atoms with Crippen molar-refractivity contribution in [2.75, 3.05) is 30.3 Å². The molecule has 2 aromatic rings. The van der Waals surface area contributed by atoms with Crippen molar-refractivity contribution in [1.29, 1.82) is 5.26 Å². The minimum Gasteiger partial charge on any atom is -0.368 e. The highest BCUT2D eigenvalue weighted by molar-refractivity contribution is 7.89. The molecule has 2 saturated heterocycles. The number of hydrogen-bond donors (Lipinski definition) is 1. The summed E-state index contributed by atoms with van der Waals surface area (Å²) in [6.45, 7) is 3.96. The molecular weight excluding hydrogens is 350 g/mol. The molecule has 0 bridgehead atoms. The largest absolute Gasteiger partial charge is 0.368 e. The van der Waals surface area contributed by atoms with Crippen LogP contribution in [-0.2, 0) is 10.0 Å². The van der Waals surface area contributed by atoms with Crippen LogP contribution in [0.5, 0.6) is 0 Å². The lowest BCUT2D eigenvalue weighted by atomic mass is 9.80.